The molecule has 138 valence electrons. The summed E-state index contributed by atoms with van der Waals surface area (Å²) in [6.45, 7) is 9.91. The summed E-state index contributed by atoms with van der Waals surface area (Å²) in [5.41, 5.74) is 1.18. The van der Waals surface area contributed by atoms with Crippen LogP contribution in [0.2, 0.25) is 0 Å². The van der Waals surface area contributed by atoms with E-state index in [4.69, 9.17) is 0 Å². The van der Waals surface area contributed by atoms with Crippen molar-refractivity contribution in [2.45, 2.75) is 58.5 Å². The maximum Gasteiger partial charge on any atom is 0.191 e. The summed E-state index contributed by atoms with van der Waals surface area (Å²) in [5.74, 6) is 0.916. The first-order chi connectivity index (χ1) is 11.1. The zero-order valence-corrected chi connectivity index (χ0v) is 18.5. The third kappa shape index (κ3) is 6.84. The number of hydrogen-bond acceptors (Lipinski definition) is 4. The number of piperidine rings is 1. The number of thiazole rings is 1. The second-order valence-corrected chi connectivity index (χ2v) is 7.33. The van der Waals surface area contributed by atoms with Gasteiger partial charge in [0.1, 0.15) is 0 Å². The average Bonchev–Trinajstić information content (AvgIpc) is 3.02. The molecule has 1 aromatic heterocycles. The first kappa shape index (κ1) is 21.6. The number of aliphatic imine (C=N–C) groups is 1. The second-order valence-electron chi connectivity index (χ2n) is 6.38. The number of aromatic nitrogens is 1. The minimum atomic E-state index is 0. The van der Waals surface area contributed by atoms with E-state index in [0.717, 1.165) is 25.3 Å². The average molecular weight is 465 g/mol. The molecule has 0 aliphatic carbocycles. The lowest BCUT2D eigenvalue weighted by molar-refractivity contribution is 0.167. The fraction of sp³-hybridized carbons (Fsp3) is 0.765. The van der Waals surface area contributed by atoms with E-state index in [1.165, 1.54) is 36.6 Å². The first-order valence-corrected chi connectivity index (χ1v) is 9.64. The molecule has 2 N–H and O–H groups in total. The van der Waals surface area contributed by atoms with Crippen LogP contribution in [0.5, 0.6) is 0 Å². The van der Waals surface area contributed by atoms with Crippen LogP contribution in [0.1, 0.15) is 44.3 Å². The molecule has 5 nitrogen and oxygen atoms in total. The molecule has 1 fully saturated rings. The number of aryl methyl sites for hydroxylation is 1. The van der Waals surface area contributed by atoms with Crippen molar-refractivity contribution in [2.75, 3.05) is 26.7 Å². The molecule has 0 unspecified atom stereocenters. The van der Waals surface area contributed by atoms with E-state index in [1.54, 1.807) is 11.3 Å². The minimum absolute atomic E-state index is 0. The molecule has 0 amide bonds. The monoisotopic (exact) mass is 465 g/mol. The summed E-state index contributed by atoms with van der Waals surface area (Å²) in [4.78, 5) is 11.5. The number of nitrogens with zero attached hydrogens (tertiary/aromatic N) is 3. The Hall–Kier alpha value is -0.410. The second kappa shape index (κ2) is 11.3. The molecule has 0 radical (unpaired) electrons. The zero-order chi connectivity index (χ0) is 16.7. The first-order valence-electron chi connectivity index (χ1n) is 8.76. The van der Waals surface area contributed by atoms with Gasteiger partial charge in [-0.25, -0.2) is 4.98 Å². The molecular weight excluding hydrogens is 433 g/mol. The normalized spacial score (nSPS) is 17.0. The Morgan fingerprint density at radius 3 is 2.67 bits per heavy atom. The number of rotatable bonds is 6. The molecule has 0 spiro atoms. The number of halogens is 1. The van der Waals surface area contributed by atoms with E-state index >= 15 is 0 Å². The van der Waals surface area contributed by atoms with Crippen molar-refractivity contribution >= 4 is 41.3 Å². The SMILES string of the molecule is CCc1nc(CCNC(=NC)NC2CCN(C(C)C)CC2)cs1.I. The van der Waals surface area contributed by atoms with Crippen molar-refractivity contribution in [1.82, 2.24) is 20.5 Å². The fourth-order valence-electron chi connectivity index (χ4n) is 2.88. The standard InChI is InChI=1S/C17H31N5S.HI/c1-5-16-20-15(12-23-16)6-9-19-17(18-4)21-14-7-10-22(11-8-14)13(2)3;/h12-14H,5-11H2,1-4H3,(H2,18,19,21);1H. The van der Waals surface area contributed by atoms with Crippen LogP contribution >= 0.6 is 35.3 Å². The van der Waals surface area contributed by atoms with Crippen LogP contribution < -0.4 is 10.6 Å². The van der Waals surface area contributed by atoms with Gasteiger partial charge in [-0.05, 0) is 33.1 Å². The van der Waals surface area contributed by atoms with Gasteiger partial charge < -0.3 is 15.5 Å². The van der Waals surface area contributed by atoms with Gasteiger partial charge in [0.15, 0.2) is 5.96 Å². The lowest BCUT2D eigenvalue weighted by Crippen LogP contribution is -2.50. The van der Waals surface area contributed by atoms with Crippen molar-refractivity contribution < 1.29 is 0 Å². The molecule has 2 heterocycles. The van der Waals surface area contributed by atoms with Crippen LogP contribution in [0.25, 0.3) is 0 Å². The van der Waals surface area contributed by atoms with E-state index in [2.05, 4.69) is 51.7 Å². The molecule has 1 aromatic rings. The highest BCUT2D eigenvalue weighted by atomic mass is 127. The third-order valence-corrected chi connectivity index (χ3v) is 5.44. The smallest absolute Gasteiger partial charge is 0.191 e. The summed E-state index contributed by atoms with van der Waals surface area (Å²) in [5, 5.41) is 10.4. The summed E-state index contributed by atoms with van der Waals surface area (Å²) in [7, 11) is 1.84. The van der Waals surface area contributed by atoms with E-state index < -0.39 is 0 Å². The molecule has 1 saturated heterocycles. The maximum absolute atomic E-state index is 4.60. The Balaban J connectivity index is 0.00000288. The Kier molecular flexibility index (Phi) is 10.1. The van der Waals surface area contributed by atoms with Gasteiger partial charge in [-0.1, -0.05) is 6.92 Å². The van der Waals surface area contributed by atoms with Gasteiger partial charge in [-0.3, -0.25) is 4.99 Å². The maximum atomic E-state index is 4.60. The van der Waals surface area contributed by atoms with Crippen LogP contribution in [0.3, 0.4) is 0 Å². The third-order valence-electron chi connectivity index (χ3n) is 4.40. The van der Waals surface area contributed by atoms with Gasteiger partial charge >= 0.3 is 0 Å². The van der Waals surface area contributed by atoms with Gasteiger partial charge in [-0.15, -0.1) is 35.3 Å². The van der Waals surface area contributed by atoms with E-state index in [0.29, 0.717) is 12.1 Å². The highest BCUT2D eigenvalue weighted by molar-refractivity contribution is 14.0. The number of likely N-dealkylation sites (tertiary alicyclic amines) is 1. The van der Waals surface area contributed by atoms with Crippen LogP contribution in [-0.4, -0.2) is 54.6 Å². The summed E-state index contributed by atoms with van der Waals surface area (Å²) >= 11 is 1.76. The molecule has 0 atom stereocenters. The summed E-state index contributed by atoms with van der Waals surface area (Å²) < 4.78 is 0. The van der Waals surface area contributed by atoms with Crippen LogP contribution in [0.15, 0.2) is 10.4 Å². The molecule has 1 aliphatic heterocycles. The van der Waals surface area contributed by atoms with Crippen molar-refractivity contribution in [3.8, 4) is 0 Å². The Morgan fingerprint density at radius 1 is 1.42 bits per heavy atom. The van der Waals surface area contributed by atoms with E-state index in [-0.39, 0.29) is 24.0 Å². The highest BCUT2D eigenvalue weighted by Crippen LogP contribution is 2.13. The van der Waals surface area contributed by atoms with Gasteiger partial charge in [-0.2, -0.15) is 0 Å². The number of guanidine groups is 1. The largest absolute Gasteiger partial charge is 0.356 e. The molecule has 0 aromatic carbocycles. The van der Waals surface area contributed by atoms with Crippen LogP contribution in [0, 0.1) is 0 Å². The van der Waals surface area contributed by atoms with Crippen molar-refractivity contribution in [3.63, 3.8) is 0 Å². The molecule has 0 saturated carbocycles. The Labute approximate surface area is 167 Å². The van der Waals surface area contributed by atoms with E-state index in [9.17, 15) is 0 Å². The number of nitrogens with one attached hydrogen (secondary N) is 2. The van der Waals surface area contributed by atoms with Crippen molar-refractivity contribution in [3.05, 3.63) is 16.1 Å². The predicted molar refractivity (Wildman–Crippen MR) is 115 cm³/mol. The fourth-order valence-corrected chi connectivity index (χ4v) is 3.66. The van der Waals surface area contributed by atoms with Crippen LogP contribution in [-0.2, 0) is 12.8 Å². The Bertz CT molecular complexity index is 495. The summed E-state index contributed by atoms with van der Waals surface area (Å²) in [6, 6.07) is 1.18. The molecule has 1 aliphatic rings. The number of hydrogen-bond donors (Lipinski definition) is 2. The van der Waals surface area contributed by atoms with Gasteiger partial charge in [0.2, 0.25) is 0 Å². The van der Waals surface area contributed by atoms with Gasteiger partial charge in [0, 0.05) is 50.6 Å². The van der Waals surface area contributed by atoms with E-state index in [1.807, 2.05) is 7.05 Å². The van der Waals surface area contributed by atoms with Crippen LogP contribution in [0.4, 0.5) is 0 Å². The lowest BCUT2D eigenvalue weighted by atomic mass is 10.0. The minimum Gasteiger partial charge on any atom is -0.356 e. The molecule has 24 heavy (non-hydrogen) atoms. The highest BCUT2D eigenvalue weighted by Gasteiger charge is 2.21. The van der Waals surface area contributed by atoms with Gasteiger partial charge in [0.25, 0.3) is 0 Å². The predicted octanol–water partition coefficient (Wildman–Crippen LogP) is 2.90. The van der Waals surface area contributed by atoms with Crippen molar-refractivity contribution in [2.24, 2.45) is 4.99 Å². The molecule has 7 heteroatoms. The molecular formula is C17H32IN5S. The topological polar surface area (TPSA) is 52.6 Å². The molecule has 2 rings (SSSR count). The van der Waals surface area contributed by atoms with Gasteiger partial charge in [0.05, 0.1) is 10.7 Å². The zero-order valence-electron chi connectivity index (χ0n) is 15.3. The summed E-state index contributed by atoms with van der Waals surface area (Å²) in [6.07, 6.45) is 4.34. The quantitative estimate of drug-likeness (QED) is 0.386. The molecule has 0 bridgehead atoms. The lowest BCUT2D eigenvalue weighted by Gasteiger charge is -2.35. The Morgan fingerprint density at radius 2 is 2.12 bits per heavy atom. The van der Waals surface area contributed by atoms with Crippen molar-refractivity contribution in [1.29, 1.82) is 0 Å².